The van der Waals surface area contributed by atoms with E-state index in [0.29, 0.717) is 34.4 Å². The number of nitrogens with zero attached hydrogens (tertiary/aromatic N) is 4. The Balaban J connectivity index is 1.79. The molecule has 2 aromatic carbocycles. The number of aryl methyl sites for hydroxylation is 1. The first-order valence-electron chi connectivity index (χ1n) is 8.69. The second-order valence-electron chi connectivity index (χ2n) is 5.99. The molecule has 9 heteroatoms. The minimum atomic E-state index is -0.295. The van der Waals surface area contributed by atoms with E-state index in [1.165, 1.54) is 10.8 Å². The second-order valence-corrected chi connectivity index (χ2v) is 5.99. The highest BCUT2D eigenvalue weighted by Gasteiger charge is 2.12. The molecule has 1 aromatic heterocycles. The zero-order chi connectivity index (χ0) is 20.8. The number of hydrogen-bond acceptors (Lipinski definition) is 7. The van der Waals surface area contributed by atoms with E-state index in [0.717, 1.165) is 5.56 Å². The summed E-state index contributed by atoms with van der Waals surface area (Å²) in [6, 6.07) is 10.6. The van der Waals surface area contributed by atoms with Crippen LogP contribution in [0.15, 0.2) is 42.5 Å². The van der Waals surface area contributed by atoms with Crippen LogP contribution in [0.1, 0.15) is 11.4 Å². The zero-order valence-corrected chi connectivity index (χ0v) is 16.5. The molecular formula is C20H21N5O4. The first-order valence-corrected chi connectivity index (χ1v) is 8.69. The van der Waals surface area contributed by atoms with Crippen LogP contribution in [-0.4, -0.2) is 47.4 Å². The number of carbonyl (C=O) groups excluding carboxylic acids is 1. The summed E-state index contributed by atoms with van der Waals surface area (Å²) in [4.78, 5) is 12.4. The molecule has 0 aliphatic rings. The summed E-state index contributed by atoms with van der Waals surface area (Å²) in [6.45, 7) is 1.77. The number of benzene rings is 2. The van der Waals surface area contributed by atoms with E-state index in [-0.39, 0.29) is 5.91 Å². The van der Waals surface area contributed by atoms with Crippen LogP contribution in [0.2, 0.25) is 0 Å². The fourth-order valence-electron chi connectivity index (χ4n) is 2.67. The third-order valence-electron chi connectivity index (χ3n) is 4.10. The molecule has 0 spiro atoms. The van der Waals surface area contributed by atoms with Gasteiger partial charge >= 0.3 is 0 Å². The lowest BCUT2D eigenvalue weighted by Gasteiger charge is -2.11. The van der Waals surface area contributed by atoms with Crippen molar-refractivity contribution >= 4 is 17.7 Å². The first kappa shape index (κ1) is 19.9. The third kappa shape index (κ3) is 4.70. The van der Waals surface area contributed by atoms with Crippen molar-refractivity contribution in [3.8, 4) is 22.9 Å². The number of rotatable bonds is 7. The number of ether oxygens (including phenoxy) is 3. The van der Waals surface area contributed by atoms with Gasteiger partial charge in [0, 0.05) is 17.8 Å². The maximum atomic E-state index is 12.4. The molecule has 29 heavy (non-hydrogen) atoms. The number of aromatic nitrogens is 4. The Morgan fingerprint density at radius 1 is 1.03 bits per heavy atom. The Labute approximate surface area is 167 Å². The molecule has 0 aliphatic heterocycles. The van der Waals surface area contributed by atoms with E-state index in [2.05, 4.69) is 20.8 Å². The summed E-state index contributed by atoms with van der Waals surface area (Å²) in [5, 5.41) is 14.3. The van der Waals surface area contributed by atoms with Gasteiger partial charge in [0.15, 0.2) is 5.82 Å². The van der Waals surface area contributed by atoms with Gasteiger partial charge < -0.3 is 19.5 Å². The lowest BCUT2D eigenvalue weighted by molar-refractivity contribution is -0.111. The van der Waals surface area contributed by atoms with Crippen LogP contribution in [-0.2, 0) is 4.79 Å². The highest BCUT2D eigenvalue weighted by molar-refractivity contribution is 6.02. The first-order chi connectivity index (χ1) is 14.0. The van der Waals surface area contributed by atoms with Gasteiger partial charge in [-0.3, -0.25) is 4.79 Å². The van der Waals surface area contributed by atoms with Gasteiger partial charge in [-0.25, -0.2) is 0 Å². The van der Waals surface area contributed by atoms with E-state index in [9.17, 15) is 4.79 Å². The number of nitrogens with one attached hydrogen (secondary N) is 1. The smallest absolute Gasteiger partial charge is 0.248 e. The molecule has 0 fully saturated rings. The predicted octanol–water partition coefficient (Wildman–Crippen LogP) is 2.65. The largest absolute Gasteiger partial charge is 0.497 e. The molecule has 0 aliphatic carbocycles. The van der Waals surface area contributed by atoms with Crippen molar-refractivity contribution in [2.45, 2.75) is 6.92 Å². The fraction of sp³-hybridized carbons (Fsp3) is 0.200. The van der Waals surface area contributed by atoms with Gasteiger partial charge in [-0.1, -0.05) is 0 Å². The van der Waals surface area contributed by atoms with Crippen molar-refractivity contribution in [1.29, 1.82) is 0 Å². The molecule has 150 valence electrons. The Bertz CT molecular complexity index is 1020. The van der Waals surface area contributed by atoms with Crippen LogP contribution in [0.5, 0.6) is 17.2 Å². The lowest BCUT2D eigenvalue weighted by atomic mass is 10.2. The van der Waals surface area contributed by atoms with Gasteiger partial charge in [0.1, 0.15) is 22.9 Å². The molecule has 0 saturated heterocycles. The number of anilines is 1. The molecule has 9 nitrogen and oxygen atoms in total. The van der Waals surface area contributed by atoms with Crippen LogP contribution >= 0.6 is 0 Å². The zero-order valence-electron chi connectivity index (χ0n) is 16.5. The van der Waals surface area contributed by atoms with Gasteiger partial charge in [-0.15, -0.1) is 5.10 Å². The molecular weight excluding hydrogens is 374 g/mol. The summed E-state index contributed by atoms with van der Waals surface area (Å²) in [7, 11) is 4.70. The molecule has 0 bridgehead atoms. The number of amides is 1. The Kier molecular flexibility index (Phi) is 6.08. The molecule has 3 rings (SSSR count). The minimum absolute atomic E-state index is 0.295. The highest BCUT2D eigenvalue weighted by Crippen LogP contribution is 2.27. The van der Waals surface area contributed by atoms with E-state index in [1.54, 1.807) is 70.7 Å². The van der Waals surface area contributed by atoms with Crippen molar-refractivity contribution in [1.82, 2.24) is 20.2 Å². The molecule has 1 amide bonds. The number of carbonyl (C=O) groups is 1. The van der Waals surface area contributed by atoms with Gasteiger partial charge in [-0.05, 0) is 59.3 Å². The normalized spacial score (nSPS) is 10.8. The average Bonchev–Trinajstić information content (AvgIpc) is 3.17. The molecule has 0 atom stereocenters. The molecule has 1 N–H and O–H groups in total. The van der Waals surface area contributed by atoms with Gasteiger partial charge in [-0.2, -0.15) is 4.68 Å². The quantitative estimate of drug-likeness (QED) is 0.614. The van der Waals surface area contributed by atoms with E-state index in [4.69, 9.17) is 14.2 Å². The van der Waals surface area contributed by atoms with Crippen molar-refractivity contribution in [3.05, 3.63) is 53.9 Å². The standard InChI is InChI=1S/C20H21N5O4/c1-13-22-23-24-25(13)18-11-15(6-7-19(18)29-4)21-20(26)8-5-14-9-16(27-2)12-17(10-14)28-3/h5-12H,1-4H3,(H,21,26). The van der Waals surface area contributed by atoms with Crippen molar-refractivity contribution < 1.29 is 19.0 Å². The summed E-state index contributed by atoms with van der Waals surface area (Å²) < 4.78 is 17.4. The Hall–Kier alpha value is -3.88. The average molecular weight is 395 g/mol. The minimum Gasteiger partial charge on any atom is -0.497 e. The van der Waals surface area contributed by atoms with Crippen LogP contribution in [0.25, 0.3) is 11.8 Å². The summed E-state index contributed by atoms with van der Waals surface area (Å²) in [5.41, 5.74) is 1.97. The maximum Gasteiger partial charge on any atom is 0.248 e. The van der Waals surface area contributed by atoms with Gasteiger partial charge in [0.2, 0.25) is 5.91 Å². The lowest BCUT2D eigenvalue weighted by Crippen LogP contribution is -2.09. The maximum absolute atomic E-state index is 12.4. The van der Waals surface area contributed by atoms with E-state index >= 15 is 0 Å². The summed E-state index contributed by atoms with van der Waals surface area (Å²) in [6.07, 6.45) is 3.11. The van der Waals surface area contributed by atoms with Crippen LogP contribution in [0, 0.1) is 6.92 Å². The SMILES string of the molecule is COc1cc(C=CC(=O)Nc2ccc(OC)c(-n3nnnc3C)c2)cc(OC)c1. The van der Waals surface area contributed by atoms with Crippen LogP contribution < -0.4 is 19.5 Å². The Morgan fingerprint density at radius 2 is 1.76 bits per heavy atom. The van der Waals surface area contributed by atoms with E-state index < -0.39 is 0 Å². The molecule has 3 aromatic rings. The van der Waals surface area contributed by atoms with Crippen LogP contribution in [0.4, 0.5) is 5.69 Å². The molecule has 0 saturated carbocycles. The monoisotopic (exact) mass is 395 g/mol. The fourth-order valence-corrected chi connectivity index (χ4v) is 2.67. The van der Waals surface area contributed by atoms with Gasteiger partial charge in [0.05, 0.1) is 21.3 Å². The number of hydrogen-bond donors (Lipinski definition) is 1. The number of tetrazole rings is 1. The van der Waals surface area contributed by atoms with Crippen molar-refractivity contribution in [2.24, 2.45) is 0 Å². The molecule has 1 heterocycles. The predicted molar refractivity (Wildman–Crippen MR) is 108 cm³/mol. The summed E-state index contributed by atoms with van der Waals surface area (Å²) in [5.74, 6) is 2.16. The number of methoxy groups -OCH3 is 3. The topological polar surface area (TPSA) is 100 Å². The van der Waals surface area contributed by atoms with Crippen LogP contribution in [0.3, 0.4) is 0 Å². The summed E-state index contributed by atoms with van der Waals surface area (Å²) >= 11 is 0. The van der Waals surface area contributed by atoms with Gasteiger partial charge in [0.25, 0.3) is 0 Å². The highest BCUT2D eigenvalue weighted by atomic mass is 16.5. The molecule has 0 unspecified atom stereocenters. The second kappa shape index (κ2) is 8.87. The van der Waals surface area contributed by atoms with E-state index in [1.807, 2.05) is 0 Å². The van der Waals surface area contributed by atoms with Crippen molar-refractivity contribution in [2.75, 3.05) is 26.6 Å². The molecule has 0 radical (unpaired) electrons. The third-order valence-corrected chi connectivity index (χ3v) is 4.10. The Morgan fingerprint density at radius 3 is 2.34 bits per heavy atom. The van der Waals surface area contributed by atoms with Crippen molar-refractivity contribution in [3.63, 3.8) is 0 Å².